The maximum Gasteiger partial charge on any atom is 0.348 e. The summed E-state index contributed by atoms with van der Waals surface area (Å²) in [5.41, 5.74) is 1.10. The van der Waals surface area contributed by atoms with E-state index in [0.29, 0.717) is 11.1 Å². The van der Waals surface area contributed by atoms with Crippen molar-refractivity contribution < 1.29 is 24.2 Å². The van der Waals surface area contributed by atoms with E-state index in [-0.39, 0.29) is 18.3 Å². The summed E-state index contributed by atoms with van der Waals surface area (Å²) in [6, 6.07) is 6.51. The first kappa shape index (κ1) is 23.7. The second-order valence-corrected chi connectivity index (χ2v) is 6.67. The molecule has 0 amide bonds. The van der Waals surface area contributed by atoms with E-state index >= 15 is 0 Å². The Hall–Kier alpha value is -2.30. The van der Waals surface area contributed by atoms with Gasteiger partial charge in [0, 0.05) is 5.57 Å². The summed E-state index contributed by atoms with van der Waals surface area (Å²) in [5.74, 6) is -1.21. The second kappa shape index (κ2) is 13.0. The Morgan fingerprint density at radius 2 is 1.71 bits per heavy atom. The highest BCUT2D eigenvalue weighted by atomic mass is 16.6. The summed E-state index contributed by atoms with van der Waals surface area (Å²) in [7, 11) is 0. The fourth-order valence-corrected chi connectivity index (χ4v) is 3.04. The maximum absolute atomic E-state index is 11.7. The molecule has 5 nitrogen and oxygen atoms in total. The van der Waals surface area contributed by atoms with Gasteiger partial charge in [0.15, 0.2) is 0 Å². The van der Waals surface area contributed by atoms with E-state index < -0.39 is 18.0 Å². The van der Waals surface area contributed by atoms with Crippen LogP contribution in [0.15, 0.2) is 29.8 Å². The van der Waals surface area contributed by atoms with Gasteiger partial charge in [-0.1, -0.05) is 78.4 Å². The van der Waals surface area contributed by atoms with Gasteiger partial charge in [-0.25, -0.2) is 9.59 Å². The van der Waals surface area contributed by atoms with Crippen LogP contribution in [0.25, 0.3) is 6.08 Å². The van der Waals surface area contributed by atoms with Gasteiger partial charge in [-0.3, -0.25) is 0 Å². The number of hydrogen-bond donors (Lipinski definition) is 1. The summed E-state index contributed by atoms with van der Waals surface area (Å²) in [6.07, 6.45) is 9.30. The van der Waals surface area contributed by atoms with Crippen molar-refractivity contribution in [1.29, 1.82) is 0 Å². The predicted octanol–water partition coefficient (Wildman–Crippen LogP) is 5.27. The van der Waals surface area contributed by atoms with Gasteiger partial charge in [0.2, 0.25) is 6.10 Å². The summed E-state index contributed by atoms with van der Waals surface area (Å²) in [4.78, 5) is 22.9. The molecule has 2 saturated heterocycles. The lowest BCUT2D eigenvalue weighted by molar-refractivity contribution is -0.154. The number of carbonyl (C=O) groups is 2. The first-order chi connectivity index (χ1) is 13.6. The first-order valence-corrected chi connectivity index (χ1v) is 10.4. The largest absolute Gasteiger partial charge is 0.508 e. The van der Waals surface area contributed by atoms with Crippen molar-refractivity contribution in [2.75, 3.05) is 6.61 Å². The van der Waals surface area contributed by atoms with Gasteiger partial charge >= 0.3 is 11.9 Å². The van der Waals surface area contributed by atoms with E-state index in [1.54, 1.807) is 24.3 Å². The van der Waals surface area contributed by atoms with E-state index in [2.05, 4.69) is 13.8 Å². The second-order valence-electron chi connectivity index (χ2n) is 6.67. The van der Waals surface area contributed by atoms with Gasteiger partial charge in [0.25, 0.3) is 0 Å². The van der Waals surface area contributed by atoms with Crippen molar-refractivity contribution in [2.24, 2.45) is 5.92 Å². The van der Waals surface area contributed by atoms with Crippen LogP contribution in [0.3, 0.4) is 0 Å². The van der Waals surface area contributed by atoms with Crippen molar-refractivity contribution in [3.05, 3.63) is 35.4 Å². The third-order valence-electron chi connectivity index (χ3n) is 4.52. The number of ether oxygens (including phenoxy) is 2. The highest BCUT2D eigenvalue weighted by molar-refractivity contribution is 6.01. The summed E-state index contributed by atoms with van der Waals surface area (Å²) in [5, 5.41) is 9.36. The molecule has 5 heteroatoms. The van der Waals surface area contributed by atoms with E-state index in [1.807, 2.05) is 13.8 Å². The average Bonchev–Trinajstić information content (AvgIpc) is 3.21. The van der Waals surface area contributed by atoms with Crippen LogP contribution in [0, 0.1) is 5.92 Å². The first-order valence-electron chi connectivity index (χ1n) is 10.4. The van der Waals surface area contributed by atoms with E-state index in [1.165, 1.54) is 44.6 Å². The number of carbonyl (C=O) groups excluding carboxylic acids is 2. The molecule has 2 fully saturated rings. The van der Waals surface area contributed by atoms with Gasteiger partial charge in [-0.15, -0.1) is 0 Å². The Bertz CT molecular complexity index is 644. The highest BCUT2D eigenvalue weighted by Crippen LogP contribution is 2.34. The molecule has 0 aromatic heterocycles. The topological polar surface area (TPSA) is 72.8 Å². The van der Waals surface area contributed by atoms with Gasteiger partial charge < -0.3 is 14.6 Å². The number of phenolic OH excluding ortho intramolecular Hbond substituents is 1. The van der Waals surface area contributed by atoms with E-state index in [9.17, 15) is 14.7 Å². The molecule has 1 aromatic carbocycles. The molecule has 2 aliphatic rings. The molecular weight excluding hydrogens is 356 g/mol. The van der Waals surface area contributed by atoms with Crippen LogP contribution in [0.5, 0.6) is 5.75 Å². The lowest BCUT2D eigenvalue weighted by Crippen LogP contribution is -2.18. The number of rotatable bonds is 6. The minimum absolute atomic E-state index is 0.117. The zero-order valence-corrected chi connectivity index (χ0v) is 17.6. The van der Waals surface area contributed by atoms with Crippen molar-refractivity contribution >= 4 is 18.0 Å². The molecule has 0 unspecified atom stereocenters. The van der Waals surface area contributed by atoms with Crippen LogP contribution < -0.4 is 0 Å². The smallest absolute Gasteiger partial charge is 0.348 e. The monoisotopic (exact) mass is 390 g/mol. The fraction of sp³-hybridized carbons (Fsp3) is 0.565. The zero-order chi connectivity index (χ0) is 20.9. The van der Waals surface area contributed by atoms with Crippen LogP contribution in [0.1, 0.15) is 71.8 Å². The Morgan fingerprint density at radius 3 is 2.29 bits per heavy atom. The molecule has 0 bridgehead atoms. The SMILES string of the molecule is CC.CCCCCCCC.O=C1O[C@H]2C(=O)OC[C@H]2/C1=C/c1cccc(O)c1. The lowest BCUT2D eigenvalue weighted by Gasteiger charge is -2.01. The Morgan fingerprint density at radius 1 is 1.07 bits per heavy atom. The van der Waals surface area contributed by atoms with Gasteiger partial charge in [0.05, 0.1) is 5.92 Å². The van der Waals surface area contributed by atoms with Gasteiger partial charge in [-0.05, 0) is 23.8 Å². The molecule has 0 aliphatic carbocycles. The number of fused-ring (bicyclic) bond motifs is 1. The van der Waals surface area contributed by atoms with Crippen molar-refractivity contribution in [2.45, 2.75) is 72.3 Å². The molecule has 2 aliphatic heterocycles. The van der Waals surface area contributed by atoms with Crippen LogP contribution in [0.2, 0.25) is 0 Å². The zero-order valence-electron chi connectivity index (χ0n) is 17.6. The number of esters is 2. The Balaban J connectivity index is 0.000000334. The minimum atomic E-state index is -0.805. The highest BCUT2D eigenvalue weighted by Gasteiger charge is 2.50. The molecule has 1 N–H and O–H groups in total. The predicted molar refractivity (Wildman–Crippen MR) is 111 cm³/mol. The molecule has 156 valence electrons. The number of benzene rings is 1. The van der Waals surface area contributed by atoms with Crippen LogP contribution in [-0.2, 0) is 19.1 Å². The number of unbranched alkanes of at least 4 members (excludes halogenated alkanes) is 5. The fourth-order valence-electron chi connectivity index (χ4n) is 3.04. The molecule has 3 rings (SSSR count). The third-order valence-corrected chi connectivity index (χ3v) is 4.52. The molecule has 0 saturated carbocycles. The van der Waals surface area contributed by atoms with Gasteiger partial charge in [-0.2, -0.15) is 0 Å². The number of hydrogen-bond acceptors (Lipinski definition) is 5. The molecule has 2 atom stereocenters. The van der Waals surface area contributed by atoms with Gasteiger partial charge in [0.1, 0.15) is 12.4 Å². The average molecular weight is 391 g/mol. The molecule has 2 heterocycles. The van der Waals surface area contributed by atoms with Crippen molar-refractivity contribution in [3.63, 3.8) is 0 Å². The maximum atomic E-state index is 11.7. The van der Waals surface area contributed by atoms with Crippen molar-refractivity contribution in [1.82, 2.24) is 0 Å². The molecular formula is C23H34O5. The standard InChI is InChI=1S/C13H10O5.C8H18.C2H6/c14-8-3-1-2-7(4-8)5-9-10-6-17-13(16)11(10)18-12(9)15;1-3-5-7-8-6-4-2;1-2/h1-5,10-11,14H,6H2;3-8H2,1-2H3;1-2H3/b9-5-;;/t10-,11+;;/m0../s1. The summed E-state index contributed by atoms with van der Waals surface area (Å²) < 4.78 is 9.82. The summed E-state index contributed by atoms with van der Waals surface area (Å²) >= 11 is 0. The van der Waals surface area contributed by atoms with Crippen LogP contribution in [0.4, 0.5) is 0 Å². The lowest BCUT2D eigenvalue weighted by atomic mass is 9.97. The molecule has 1 aromatic rings. The number of aromatic hydroxyl groups is 1. The van der Waals surface area contributed by atoms with Crippen LogP contribution >= 0.6 is 0 Å². The third kappa shape index (κ3) is 7.02. The minimum Gasteiger partial charge on any atom is -0.508 e. The Kier molecular flexibility index (Phi) is 11.0. The Labute approximate surface area is 168 Å². The normalized spacial score (nSPS) is 21.1. The quantitative estimate of drug-likeness (QED) is 0.407. The van der Waals surface area contributed by atoms with E-state index in [4.69, 9.17) is 9.47 Å². The number of cyclic esters (lactones) is 1. The molecule has 0 radical (unpaired) electrons. The molecule has 28 heavy (non-hydrogen) atoms. The van der Waals surface area contributed by atoms with Crippen LogP contribution in [-0.4, -0.2) is 29.8 Å². The number of phenols is 1. The summed E-state index contributed by atoms with van der Waals surface area (Å²) in [6.45, 7) is 8.68. The van der Waals surface area contributed by atoms with Crippen molar-refractivity contribution in [3.8, 4) is 5.75 Å². The van der Waals surface area contributed by atoms with E-state index in [0.717, 1.165) is 0 Å². The molecule has 0 spiro atoms.